The summed E-state index contributed by atoms with van der Waals surface area (Å²) in [7, 11) is 0. The highest BCUT2D eigenvalue weighted by atomic mass is 35.5. The number of carbonyl (C=O) groups excluding carboxylic acids is 1. The summed E-state index contributed by atoms with van der Waals surface area (Å²) >= 11 is 11.9. The highest BCUT2D eigenvalue weighted by Gasteiger charge is 2.12. The van der Waals surface area contributed by atoms with Crippen LogP contribution >= 0.6 is 23.2 Å². The molecule has 0 bridgehead atoms. The van der Waals surface area contributed by atoms with E-state index in [9.17, 15) is 4.79 Å². The van der Waals surface area contributed by atoms with Gasteiger partial charge in [0.25, 0.3) is 0 Å². The summed E-state index contributed by atoms with van der Waals surface area (Å²) in [5.41, 5.74) is 1.44. The molecular weight excluding hydrogens is 255 g/mol. The molecule has 2 rings (SSSR count). The van der Waals surface area contributed by atoms with Gasteiger partial charge in [-0.2, -0.15) is 0 Å². The van der Waals surface area contributed by atoms with Gasteiger partial charge in [-0.25, -0.2) is 0 Å². The quantitative estimate of drug-likeness (QED) is 0.751. The second kappa shape index (κ2) is 5.35. The fraction of sp³-hybridized carbons (Fsp3) is 0.0714. The normalized spacial score (nSPS) is 10.2. The molecule has 0 saturated carbocycles. The molecule has 0 spiro atoms. The molecule has 0 radical (unpaired) electrons. The van der Waals surface area contributed by atoms with Gasteiger partial charge in [-0.1, -0.05) is 59.6 Å². The molecule has 0 aliphatic rings. The van der Waals surface area contributed by atoms with E-state index >= 15 is 0 Å². The number of rotatable bonds is 3. The van der Waals surface area contributed by atoms with E-state index in [4.69, 9.17) is 23.2 Å². The predicted molar refractivity (Wildman–Crippen MR) is 70.9 cm³/mol. The summed E-state index contributed by atoms with van der Waals surface area (Å²) in [5.74, 6) is -0.0244. The summed E-state index contributed by atoms with van der Waals surface area (Å²) < 4.78 is 0. The van der Waals surface area contributed by atoms with E-state index < -0.39 is 0 Å². The lowest BCUT2D eigenvalue weighted by Crippen LogP contribution is -2.04. The third-order valence-electron chi connectivity index (χ3n) is 2.46. The van der Waals surface area contributed by atoms with Gasteiger partial charge in [0, 0.05) is 12.0 Å². The predicted octanol–water partition coefficient (Wildman–Crippen LogP) is 4.42. The summed E-state index contributed by atoms with van der Waals surface area (Å²) in [6.45, 7) is 0. The number of carbonyl (C=O) groups is 1. The first-order valence-electron chi connectivity index (χ1n) is 5.19. The summed E-state index contributed by atoms with van der Waals surface area (Å²) in [4.78, 5) is 12.0. The van der Waals surface area contributed by atoms with Crippen molar-refractivity contribution in [1.82, 2.24) is 0 Å². The van der Waals surface area contributed by atoms with Gasteiger partial charge in [0.05, 0.1) is 10.0 Å². The standard InChI is InChI=1S/C14H10Cl2O/c15-12-8-4-7-11(14(12)16)13(17)9-10-5-2-1-3-6-10/h1-8H,9H2. The Bertz CT molecular complexity index is 535. The topological polar surface area (TPSA) is 17.1 Å². The largest absolute Gasteiger partial charge is 0.294 e. The third kappa shape index (κ3) is 2.87. The second-order valence-corrected chi connectivity index (χ2v) is 4.47. The van der Waals surface area contributed by atoms with Crippen LogP contribution in [0.2, 0.25) is 10.0 Å². The van der Waals surface area contributed by atoms with Gasteiger partial charge in [-0.05, 0) is 17.7 Å². The van der Waals surface area contributed by atoms with Crippen LogP contribution in [0.4, 0.5) is 0 Å². The van der Waals surface area contributed by atoms with Crippen LogP contribution in [0.25, 0.3) is 0 Å². The molecule has 2 aromatic rings. The molecule has 0 fully saturated rings. The molecular formula is C14H10Cl2O. The molecule has 0 aliphatic heterocycles. The van der Waals surface area contributed by atoms with Crippen LogP contribution < -0.4 is 0 Å². The van der Waals surface area contributed by atoms with Gasteiger partial charge in [0.1, 0.15) is 0 Å². The minimum absolute atomic E-state index is 0.0244. The number of Topliss-reactive ketones (excluding diaryl/α,β-unsaturated/α-hetero) is 1. The van der Waals surface area contributed by atoms with Gasteiger partial charge < -0.3 is 0 Å². The van der Waals surface area contributed by atoms with Crippen LogP contribution in [0.1, 0.15) is 15.9 Å². The number of hydrogen-bond acceptors (Lipinski definition) is 1. The average Bonchev–Trinajstić information content (AvgIpc) is 2.34. The van der Waals surface area contributed by atoms with E-state index in [1.54, 1.807) is 18.2 Å². The van der Waals surface area contributed by atoms with E-state index in [0.717, 1.165) is 5.56 Å². The Balaban J connectivity index is 2.24. The van der Waals surface area contributed by atoms with Crippen LogP contribution in [0.5, 0.6) is 0 Å². The highest BCUT2D eigenvalue weighted by molar-refractivity contribution is 6.43. The van der Waals surface area contributed by atoms with Crippen molar-refractivity contribution in [1.29, 1.82) is 0 Å². The second-order valence-electron chi connectivity index (χ2n) is 3.69. The van der Waals surface area contributed by atoms with Crippen molar-refractivity contribution in [2.24, 2.45) is 0 Å². The van der Waals surface area contributed by atoms with Gasteiger partial charge in [0.15, 0.2) is 5.78 Å². The van der Waals surface area contributed by atoms with Crippen molar-refractivity contribution in [3.05, 3.63) is 69.7 Å². The first kappa shape index (κ1) is 12.2. The number of benzene rings is 2. The van der Waals surface area contributed by atoms with Gasteiger partial charge >= 0.3 is 0 Å². The Morgan fingerprint density at radius 1 is 0.941 bits per heavy atom. The zero-order valence-corrected chi connectivity index (χ0v) is 10.5. The lowest BCUT2D eigenvalue weighted by atomic mass is 10.0. The van der Waals surface area contributed by atoms with Gasteiger partial charge in [0.2, 0.25) is 0 Å². The molecule has 0 amide bonds. The Hall–Kier alpha value is -1.31. The SMILES string of the molecule is O=C(Cc1ccccc1)c1cccc(Cl)c1Cl. The zero-order chi connectivity index (χ0) is 12.3. The molecule has 0 heterocycles. The molecule has 86 valence electrons. The van der Waals surface area contributed by atoms with Crippen LogP contribution in [-0.2, 0) is 6.42 Å². The summed E-state index contributed by atoms with van der Waals surface area (Å²) in [6, 6.07) is 14.6. The number of halogens is 2. The monoisotopic (exact) mass is 264 g/mol. The average molecular weight is 265 g/mol. The molecule has 0 unspecified atom stereocenters. The molecule has 0 atom stereocenters. The van der Waals surface area contributed by atoms with Crippen LogP contribution in [0, 0.1) is 0 Å². The van der Waals surface area contributed by atoms with E-state index in [-0.39, 0.29) is 5.78 Å². The molecule has 0 N–H and O–H groups in total. The molecule has 0 aliphatic carbocycles. The van der Waals surface area contributed by atoms with Crippen molar-refractivity contribution in [3.63, 3.8) is 0 Å². The highest BCUT2D eigenvalue weighted by Crippen LogP contribution is 2.26. The molecule has 2 aromatic carbocycles. The smallest absolute Gasteiger partial charge is 0.168 e. The maximum absolute atomic E-state index is 12.0. The van der Waals surface area contributed by atoms with Crippen molar-refractivity contribution in [3.8, 4) is 0 Å². The summed E-state index contributed by atoms with van der Waals surface area (Å²) in [5, 5.41) is 0.737. The first-order valence-corrected chi connectivity index (χ1v) is 5.95. The zero-order valence-electron chi connectivity index (χ0n) is 8.99. The maximum Gasteiger partial charge on any atom is 0.168 e. The van der Waals surface area contributed by atoms with E-state index in [0.29, 0.717) is 22.0 Å². The van der Waals surface area contributed by atoms with Crippen molar-refractivity contribution in [2.75, 3.05) is 0 Å². The lowest BCUT2D eigenvalue weighted by Gasteiger charge is -2.04. The Morgan fingerprint density at radius 2 is 1.65 bits per heavy atom. The Kier molecular flexibility index (Phi) is 3.82. The first-order chi connectivity index (χ1) is 8.18. The van der Waals surface area contributed by atoms with Gasteiger partial charge in [-0.3, -0.25) is 4.79 Å². The van der Waals surface area contributed by atoms with Crippen LogP contribution in [0.3, 0.4) is 0 Å². The van der Waals surface area contributed by atoms with E-state index in [1.807, 2.05) is 30.3 Å². The van der Waals surface area contributed by atoms with E-state index in [2.05, 4.69) is 0 Å². The fourth-order valence-electron chi connectivity index (χ4n) is 1.60. The van der Waals surface area contributed by atoms with Crippen molar-refractivity contribution in [2.45, 2.75) is 6.42 Å². The Labute approximate surface area is 110 Å². The van der Waals surface area contributed by atoms with Crippen molar-refractivity contribution < 1.29 is 4.79 Å². The van der Waals surface area contributed by atoms with Crippen LogP contribution in [0.15, 0.2) is 48.5 Å². The minimum atomic E-state index is -0.0244. The minimum Gasteiger partial charge on any atom is -0.294 e. The maximum atomic E-state index is 12.0. The summed E-state index contributed by atoms with van der Waals surface area (Å²) in [6.07, 6.45) is 0.334. The molecule has 0 aromatic heterocycles. The Morgan fingerprint density at radius 3 is 2.35 bits per heavy atom. The number of ketones is 1. The lowest BCUT2D eigenvalue weighted by molar-refractivity contribution is 0.0993. The van der Waals surface area contributed by atoms with Crippen LogP contribution in [-0.4, -0.2) is 5.78 Å². The fourth-order valence-corrected chi connectivity index (χ4v) is 2.00. The van der Waals surface area contributed by atoms with Crippen molar-refractivity contribution >= 4 is 29.0 Å². The third-order valence-corrected chi connectivity index (χ3v) is 3.28. The molecule has 17 heavy (non-hydrogen) atoms. The van der Waals surface area contributed by atoms with Gasteiger partial charge in [-0.15, -0.1) is 0 Å². The molecule has 0 saturated heterocycles. The van der Waals surface area contributed by atoms with E-state index in [1.165, 1.54) is 0 Å². The number of hydrogen-bond donors (Lipinski definition) is 0. The molecule has 1 nitrogen and oxygen atoms in total. The molecule has 3 heteroatoms.